The maximum absolute atomic E-state index is 12.3. The number of aromatic amines is 1. The van der Waals surface area contributed by atoms with Gasteiger partial charge in [-0.05, 0) is 25.5 Å². The number of H-pyrrole nitrogens is 1. The first-order valence-electron chi connectivity index (χ1n) is 5.26. The molecule has 0 saturated heterocycles. The van der Waals surface area contributed by atoms with E-state index in [4.69, 9.17) is 0 Å². The summed E-state index contributed by atoms with van der Waals surface area (Å²) < 4.78 is 12.3. The van der Waals surface area contributed by atoms with Gasteiger partial charge in [0.05, 0.1) is 10.8 Å². The second-order valence-electron chi connectivity index (χ2n) is 3.91. The highest BCUT2D eigenvalue weighted by molar-refractivity contribution is 7.85. The Labute approximate surface area is 102 Å². The molecule has 88 valence electrons. The molecule has 0 radical (unpaired) electrons. The Balaban J connectivity index is 2.52. The largest absolute Gasteiger partial charge is 0.366 e. The standard InChI is InChI=1S/C13H13NO2S/c1-9-3-4-12(10(2)7-9)17(16)13-8-14-6-5-11(13)15/h3-8H,1-2H3,(H,14,15). The zero-order valence-corrected chi connectivity index (χ0v) is 10.5. The molecule has 1 heterocycles. The minimum atomic E-state index is -1.42. The average molecular weight is 247 g/mol. The van der Waals surface area contributed by atoms with E-state index >= 15 is 0 Å². The first-order chi connectivity index (χ1) is 8.09. The van der Waals surface area contributed by atoms with Crippen LogP contribution >= 0.6 is 0 Å². The molecule has 1 unspecified atom stereocenters. The van der Waals surface area contributed by atoms with E-state index in [1.165, 1.54) is 18.5 Å². The van der Waals surface area contributed by atoms with Crippen molar-refractivity contribution in [2.24, 2.45) is 0 Å². The number of nitrogens with one attached hydrogen (secondary N) is 1. The Morgan fingerprint density at radius 2 is 1.88 bits per heavy atom. The van der Waals surface area contributed by atoms with Gasteiger partial charge >= 0.3 is 0 Å². The molecule has 1 atom stereocenters. The van der Waals surface area contributed by atoms with Crippen LogP contribution in [0.4, 0.5) is 0 Å². The molecule has 0 aliphatic carbocycles. The summed E-state index contributed by atoms with van der Waals surface area (Å²) in [4.78, 5) is 15.4. The number of aromatic nitrogens is 1. The van der Waals surface area contributed by atoms with Crippen molar-refractivity contribution in [3.8, 4) is 0 Å². The minimum Gasteiger partial charge on any atom is -0.366 e. The van der Waals surface area contributed by atoms with E-state index in [9.17, 15) is 9.00 Å². The van der Waals surface area contributed by atoms with Crippen molar-refractivity contribution in [1.29, 1.82) is 0 Å². The van der Waals surface area contributed by atoms with E-state index in [1.807, 2.05) is 32.0 Å². The molecule has 0 spiro atoms. The fourth-order valence-corrected chi connectivity index (χ4v) is 2.88. The van der Waals surface area contributed by atoms with Crippen LogP contribution in [0.1, 0.15) is 11.1 Å². The van der Waals surface area contributed by atoms with Crippen LogP contribution in [0.3, 0.4) is 0 Å². The van der Waals surface area contributed by atoms with Crippen LogP contribution in [0.25, 0.3) is 0 Å². The molecule has 0 amide bonds. The predicted molar refractivity (Wildman–Crippen MR) is 67.7 cm³/mol. The number of aryl methyl sites for hydroxylation is 2. The SMILES string of the molecule is Cc1ccc(S(=O)c2c[nH]ccc2=O)c(C)c1. The van der Waals surface area contributed by atoms with Crippen LogP contribution in [0.15, 0.2) is 51.2 Å². The highest BCUT2D eigenvalue weighted by atomic mass is 32.2. The molecule has 17 heavy (non-hydrogen) atoms. The monoisotopic (exact) mass is 247 g/mol. The first-order valence-corrected chi connectivity index (χ1v) is 6.40. The predicted octanol–water partition coefficient (Wildman–Crippen LogP) is 2.16. The fraction of sp³-hybridized carbons (Fsp3) is 0.154. The van der Waals surface area contributed by atoms with Gasteiger partial charge in [-0.15, -0.1) is 0 Å². The van der Waals surface area contributed by atoms with Crippen LogP contribution < -0.4 is 5.43 Å². The van der Waals surface area contributed by atoms with Crippen LogP contribution in [0, 0.1) is 13.8 Å². The fourth-order valence-electron chi connectivity index (χ4n) is 1.67. The molecule has 2 rings (SSSR count). The molecule has 3 nitrogen and oxygen atoms in total. The van der Waals surface area contributed by atoms with Gasteiger partial charge in [0.1, 0.15) is 4.90 Å². The summed E-state index contributed by atoms with van der Waals surface area (Å²) in [5.41, 5.74) is 1.85. The molecule has 4 heteroatoms. The minimum absolute atomic E-state index is 0.206. The summed E-state index contributed by atoms with van der Waals surface area (Å²) in [7, 11) is -1.42. The molecule has 2 aromatic rings. The summed E-state index contributed by atoms with van der Waals surface area (Å²) in [6, 6.07) is 7.06. The van der Waals surface area contributed by atoms with Crippen LogP contribution in [-0.4, -0.2) is 9.19 Å². The van der Waals surface area contributed by atoms with Gasteiger partial charge in [0, 0.05) is 23.4 Å². The van der Waals surface area contributed by atoms with Crippen LogP contribution in [0.2, 0.25) is 0 Å². The Morgan fingerprint density at radius 1 is 1.12 bits per heavy atom. The first kappa shape index (κ1) is 11.8. The Kier molecular flexibility index (Phi) is 3.24. The Hall–Kier alpha value is -1.68. The molecule has 1 N–H and O–H groups in total. The van der Waals surface area contributed by atoms with E-state index in [0.717, 1.165) is 11.1 Å². The van der Waals surface area contributed by atoms with Crippen molar-refractivity contribution in [2.75, 3.05) is 0 Å². The van der Waals surface area contributed by atoms with Crippen LogP contribution in [-0.2, 0) is 10.8 Å². The van der Waals surface area contributed by atoms with Crippen molar-refractivity contribution in [3.05, 3.63) is 58.0 Å². The van der Waals surface area contributed by atoms with Crippen molar-refractivity contribution in [1.82, 2.24) is 4.98 Å². The lowest BCUT2D eigenvalue weighted by Crippen LogP contribution is -2.10. The zero-order valence-electron chi connectivity index (χ0n) is 9.69. The second-order valence-corrected chi connectivity index (χ2v) is 5.33. The van der Waals surface area contributed by atoms with E-state index in [1.54, 1.807) is 0 Å². The highest BCUT2D eigenvalue weighted by Gasteiger charge is 2.12. The number of hydrogen-bond donors (Lipinski definition) is 1. The van der Waals surface area contributed by atoms with Gasteiger partial charge < -0.3 is 4.98 Å². The lowest BCUT2D eigenvalue weighted by molar-refractivity contribution is 0.681. The molecule has 1 aromatic heterocycles. The van der Waals surface area contributed by atoms with Gasteiger partial charge in [0.15, 0.2) is 5.43 Å². The molecule has 1 aromatic carbocycles. The van der Waals surface area contributed by atoms with Gasteiger partial charge in [-0.25, -0.2) is 4.21 Å². The van der Waals surface area contributed by atoms with Gasteiger partial charge in [0.2, 0.25) is 0 Å². The van der Waals surface area contributed by atoms with E-state index in [0.29, 0.717) is 9.79 Å². The molecule has 0 aliphatic rings. The number of hydrogen-bond acceptors (Lipinski definition) is 2. The van der Waals surface area contributed by atoms with Crippen LogP contribution in [0.5, 0.6) is 0 Å². The van der Waals surface area contributed by atoms with Crippen molar-refractivity contribution >= 4 is 10.8 Å². The quantitative estimate of drug-likeness (QED) is 0.884. The summed E-state index contributed by atoms with van der Waals surface area (Å²) >= 11 is 0. The highest BCUT2D eigenvalue weighted by Crippen LogP contribution is 2.18. The van der Waals surface area contributed by atoms with E-state index in [2.05, 4.69) is 4.98 Å². The normalized spacial score (nSPS) is 12.4. The average Bonchev–Trinajstić information content (AvgIpc) is 2.29. The van der Waals surface area contributed by atoms with E-state index in [-0.39, 0.29) is 5.43 Å². The van der Waals surface area contributed by atoms with Gasteiger partial charge in [-0.3, -0.25) is 4.79 Å². The maximum Gasteiger partial charge on any atom is 0.198 e. The number of pyridine rings is 1. The molecule has 0 saturated carbocycles. The molecular formula is C13H13NO2S. The summed E-state index contributed by atoms with van der Waals surface area (Å²) in [6.07, 6.45) is 3.03. The summed E-state index contributed by atoms with van der Waals surface area (Å²) in [6.45, 7) is 3.88. The molecule has 0 aliphatic heterocycles. The zero-order chi connectivity index (χ0) is 12.4. The van der Waals surface area contributed by atoms with Crippen molar-refractivity contribution < 1.29 is 4.21 Å². The second kappa shape index (κ2) is 4.67. The third-order valence-electron chi connectivity index (χ3n) is 2.52. The summed E-state index contributed by atoms with van der Waals surface area (Å²) in [5.74, 6) is 0. The number of rotatable bonds is 2. The lowest BCUT2D eigenvalue weighted by atomic mass is 10.2. The van der Waals surface area contributed by atoms with Gasteiger partial charge in [0.25, 0.3) is 0 Å². The van der Waals surface area contributed by atoms with Gasteiger partial charge in [-0.1, -0.05) is 17.7 Å². The topological polar surface area (TPSA) is 49.9 Å². The molecule has 0 bridgehead atoms. The van der Waals surface area contributed by atoms with Crippen molar-refractivity contribution in [3.63, 3.8) is 0 Å². The molecular weight excluding hydrogens is 234 g/mol. The maximum atomic E-state index is 12.3. The van der Waals surface area contributed by atoms with Crippen molar-refractivity contribution in [2.45, 2.75) is 23.6 Å². The third-order valence-corrected chi connectivity index (χ3v) is 4.09. The third kappa shape index (κ3) is 2.36. The summed E-state index contributed by atoms with van der Waals surface area (Å²) in [5, 5.41) is 0. The lowest BCUT2D eigenvalue weighted by Gasteiger charge is -2.06. The molecule has 0 fully saturated rings. The van der Waals surface area contributed by atoms with E-state index < -0.39 is 10.8 Å². The Bertz CT molecular complexity index is 631. The Morgan fingerprint density at radius 3 is 2.53 bits per heavy atom. The smallest absolute Gasteiger partial charge is 0.198 e. The number of benzene rings is 1. The van der Waals surface area contributed by atoms with Gasteiger partial charge in [-0.2, -0.15) is 0 Å².